The molecule has 2 aromatic heterocycles. The number of rotatable bonds is 3. The number of benzene rings is 1. The van der Waals surface area contributed by atoms with Gasteiger partial charge in [0.15, 0.2) is 0 Å². The molecule has 3 aromatic rings. The van der Waals surface area contributed by atoms with Gasteiger partial charge in [-0.25, -0.2) is 0 Å². The number of fused-ring (bicyclic) bond motifs is 3. The van der Waals surface area contributed by atoms with Gasteiger partial charge in [-0.3, -0.25) is 0 Å². The third-order valence-electron chi connectivity index (χ3n) is 3.22. The molecule has 0 aliphatic heterocycles. The summed E-state index contributed by atoms with van der Waals surface area (Å²) in [7, 11) is 1.58. The minimum absolute atomic E-state index is 0.0680. The van der Waals surface area contributed by atoms with Gasteiger partial charge in [-0.15, -0.1) is 0 Å². The van der Waals surface area contributed by atoms with Crippen LogP contribution in [0, 0.1) is 0 Å². The Morgan fingerprint density at radius 3 is 2.73 bits per heavy atom. The zero-order valence-corrected chi connectivity index (χ0v) is 16.0. The summed E-state index contributed by atoms with van der Waals surface area (Å²) in [6.07, 6.45) is 0. The summed E-state index contributed by atoms with van der Waals surface area (Å²) < 4.78 is 8.78. The van der Waals surface area contributed by atoms with Crippen molar-refractivity contribution in [3.63, 3.8) is 0 Å². The first-order valence-electron chi connectivity index (χ1n) is 6.39. The Morgan fingerprint density at radius 2 is 2.09 bits per heavy atom. The molecule has 22 heavy (non-hydrogen) atoms. The second-order valence-corrected chi connectivity index (χ2v) is 9.32. The summed E-state index contributed by atoms with van der Waals surface area (Å²) in [5.41, 5.74) is -0.126. The molecule has 0 aliphatic rings. The zero-order valence-electron chi connectivity index (χ0n) is 11.8. The predicted molar refractivity (Wildman–Crippen MR) is 93.0 cm³/mol. The van der Waals surface area contributed by atoms with Crippen molar-refractivity contribution >= 4 is 64.7 Å². The first-order chi connectivity index (χ1) is 10.4. The summed E-state index contributed by atoms with van der Waals surface area (Å²) in [6, 6.07) is 5.34. The Morgan fingerprint density at radius 1 is 1.36 bits per heavy atom. The molecular formula is C14H13BrNO4PSe. The standard InChI is InChI=1S/C14H13BrNO4PSe/c1-16(2)6-10-11(15)8-4-3-7-5-9(21(18)19)14(17)20-12(7)13(8)22-10/h3-5,18-19H,6H2,1-2H3. The van der Waals surface area contributed by atoms with Crippen LogP contribution >= 0.6 is 24.3 Å². The number of halogens is 1. The van der Waals surface area contributed by atoms with Gasteiger partial charge in [-0.2, -0.15) is 0 Å². The molecule has 0 unspecified atom stereocenters. The van der Waals surface area contributed by atoms with Crippen molar-refractivity contribution in [3.05, 3.63) is 37.5 Å². The second-order valence-electron chi connectivity index (χ2n) is 5.15. The monoisotopic (exact) mass is 449 g/mol. The van der Waals surface area contributed by atoms with Crippen LogP contribution < -0.4 is 10.9 Å². The van der Waals surface area contributed by atoms with Crippen molar-refractivity contribution in [2.75, 3.05) is 14.1 Å². The summed E-state index contributed by atoms with van der Waals surface area (Å²) in [5, 5.41) is 1.70. The Bertz CT molecular complexity index is 918. The Balaban J connectivity index is 2.31. The third kappa shape index (κ3) is 2.83. The molecule has 5 nitrogen and oxygen atoms in total. The van der Waals surface area contributed by atoms with Gasteiger partial charge in [0.1, 0.15) is 0 Å². The molecule has 0 fully saturated rings. The van der Waals surface area contributed by atoms with E-state index in [1.807, 2.05) is 26.2 Å². The van der Waals surface area contributed by atoms with Crippen molar-refractivity contribution in [1.82, 2.24) is 4.90 Å². The van der Waals surface area contributed by atoms with E-state index in [4.69, 9.17) is 4.42 Å². The van der Waals surface area contributed by atoms with Gasteiger partial charge in [-0.05, 0) is 0 Å². The Hall–Kier alpha value is -0.521. The molecule has 0 radical (unpaired) electrons. The molecule has 0 spiro atoms. The number of hydrogen-bond acceptors (Lipinski definition) is 5. The van der Waals surface area contributed by atoms with Gasteiger partial charge < -0.3 is 0 Å². The van der Waals surface area contributed by atoms with Gasteiger partial charge in [0.25, 0.3) is 0 Å². The first-order valence-corrected chi connectivity index (χ1v) is 10.1. The van der Waals surface area contributed by atoms with Crippen LogP contribution in [0.3, 0.4) is 0 Å². The molecule has 3 rings (SSSR count). The van der Waals surface area contributed by atoms with Gasteiger partial charge in [0, 0.05) is 0 Å². The van der Waals surface area contributed by atoms with E-state index >= 15 is 0 Å². The van der Waals surface area contributed by atoms with Crippen LogP contribution in [-0.2, 0) is 6.54 Å². The quantitative estimate of drug-likeness (QED) is 0.362. The van der Waals surface area contributed by atoms with E-state index in [-0.39, 0.29) is 19.8 Å². The van der Waals surface area contributed by atoms with Crippen molar-refractivity contribution in [1.29, 1.82) is 0 Å². The van der Waals surface area contributed by atoms with Crippen LogP contribution in [-0.4, -0.2) is 43.3 Å². The molecule has 0 aliphatic carbocycles. The van der Waals surface area contributed by atoms with E-state index in [1.165, 1.54) is 10.5 Å². The van der Waals surface area contributed by atoms with E-state index in [0.29, 0.717) is 5.58 Å². The summed E-state index contributed by atoms with van der Waals surface area (Å²) in [4.78, 5) is 32.6. The van der Waals surface area contributed by atoms with Gasteiger partial charge >= 0.3 is 142 Å². The predicted octanol–water partition coefficient (Wildman–Crippen LogP) is 1.75. The Kier molecular flexibility index (Phi) is 4.59. The number of hydrogen-bond donors (Lipinski definition) is 2. The average molecular weight is 449 g/mol. The van der Waals surface area contributed by atoms with Gasteiger partial charge in [0.05, 0.1) is 0 Å². The van der Waals surface area contributed by atoms with Gasteiger partial charge in [0.2, 0.25) is 0 Å². The first kappa shape index (κ1) is 16.3. The fourth-order valence-corrected chi connectivity index (χ4v) is 6.63. The van der Waals surface area contributed by atoms with E-state index in [9.17, 15) is 14.6 Å². The van der Waals surface area contributed by atoms with Crippen molar-refractivity contribution in [3.8, 4) is 0 Å². The fourth-order valence-electron chi connectivity index (χ4n) is 2.27. The average Bonchev–Trinajstić information content (AvgIpc) is 2.74. The van der Waals surface area contributed by atoms with E-state index in [1.54, 1.807) is 0 Å². The van der Waals surface area contributed by atoms with Crippen LogP contribution in [0.5, 0.6) is 0 Å². The maximum absolute atomic E-state index is 11.9. The van der Waals surface area contributed by atoms with Crippen molar-refractivity contribution in [2.45, 2.75) is 6.54 Å². The molecule has 0 atom stereocenters. The van der Waals surface area contributed by atoms with Crippen LogP contribution in [0.15, 0.2) is 31.9 Å². The number of nitrogens with zero attached hydrogens (tertiary/aromatic N) is 1. The van der Waals surface area contributed by atoms with Crippen molar-refractivity contribution in [2.24, 2.45) is 0 Å². The molecule has 2 heterocycles. The summed E-state index contributed by atoms with van der Waals surface area (Å²) in [5.74, 6) is 0. The summed E-state index contributed by atoms with van der Waals surface area (Å²) >= 11 is 3.71. The minimum atomic E-state index is -2.45. The maximum atomic E-state index is 11.9. The normalized spacial score (nSPS) is 12.1. The molecular weight excluding hydrogens is 436 g/mol. The molecule has 0 saturated carbocycles. The molecule has 8 heteroatoms. The molecule has 1 aromatic carbocycles. The molecule has 116 valence electrons. The second kappa shape index (κ2) is 6.17. The third-order valence-corrected chi connectivity index (χ3v) is 7.95. The van der Waals surface area contributed by atoms with Crippen LogP contribution in [0.25, 0.3) is 20.6 Å². The van der Waals surface area contributed by atoms with E-state index in [0.717, 1.165) is 26.1 Å². The topological polar surface area (TPSA) is 73.9 Å². The van der Waals surface area contributed by atoms with Crippen LogP contribution in [0.1, 0.15) is 4.44 Å². The summed E-state index contributed by atoms with van der Waals surface area (Å²) in [6.45, 7) is 0.845. The molecule has 2 N–H and O–H groups in total. The molecule has 0 bridgehead atoms. The van der Waals surface area contributed by atoms with Crippen LogP contribution in [0.4, 0.5) is 0 Å². The van der Waals surface area contributed by atoms with Gasteiger partial charge in [-0.1, -0.05) is 0 Å². The fraction of sp³-hybridized carbons (Fsp3) is 0.214. The molecule has 0 amide bonds. The van der Waals surface area contributed by atoms with Crippen LogP contribution in [0.2, 0.25) is 0 Å². The van der Waals surface area contributed by atoms with E-state index < -0.39 is 14.0 Å². The molecule has 0 saturated heterocycles. The Labute approximate surface area is 142 Å². The van der Waals surface area contributed by atoms with Crippen molar-refractivity contribution < 1.29 is 14.2 Å². The zero-order chi connectivity index (χ0) is 16.0. The van der Waals surface area contributed by atoms with E-state index in [2.05, 4.69) is 20.8 Å². The SMILES string of the molecule is CN(C)Cc1[se]c2c(ccc3cc(P(O)O)c(=O)oc32)c1Br.